The Morgan fingerprint density at radius 3 is 2.81 bits per heavy atom. The van der Waals surface area contributed by atoms with Gasteiger partial charge in [-0.3, -0.25) is 4.90 Å². The number of thiazole rings is 1. The SMILES string of the molecule is C[C@@H](O)CN1CCN(c2nc3sccn3c2[N+](=O)[O-])CC1. The van der Waals surface area contributed by atoms with E-state index in [-0.39, 0.29) is 16.8 Å². The van der Waals surface area contributed by atoms with Crippen molar-refractivity contribution in [2.24, 2.45) is 0 Å². The molecule has 0 spiro atoms. The number of aliphatic hydroxyl groups excluding tert-OH is 1. The Hall–Kier alpha value is -1.71. The minimum absolute atomic E-state index is 0.0372. The van der Waals surface area contributed by atoms with E-state index < -0.39 is 0 Å². The molecule has 2 aromatic rings. The van der Waals surface area contributed by atoms with Gasteiger partial charge >= 0.3 is 5.82 Å². The number of aromatic nitrogens is 2. The van der Waals surface area contributed by atoms with Crippen molar-refractivity contribution in [3.63, 3.8) is 0 Å². The van der Waals surface area contributed by atoms with Crippen LogP contribution in [0.15, 0.2) is 11.6 Å². The van der Waals surface area contributed by atoms with E-state index in [1.165, 1.54) is 15.7 Å². The number of nitro groups is 1. The second-order valence-corrected chi connectivity index (χ2v) is 6.08. The van der Waals surface area contributed by atoms with Crippen LogP contribution in [0.3, 0.4) is 0 Å². The summed E-state index contributed by atoms with van der Waals surface area (Å²) in [6, 6.07) is 0. The molecule has 1 N–H and O–H groups in total. The van der Waals surface area contributed by atoms with Gasteiger partial charge < -0.3 is 20.1 Å². The molecule has 3 rings (SSSR count). The Morgan fingerprint density at radius 2 is 2.19 bits per heavy atom. The molecule has 21 heavy (non-hydrogen) atoms. The number of anilines is 1. The summed E-state index contributed by atoms with van der Waals surface area (Å²) in [5, 5.41) is 22.5. The lowest BCUT2D eigenvalue weighted by Crippen LogP contribution is -2.48. The third-order valence-electron chi connectivity index (χ3n) is 3.59. The van der Waals surface area contributed by atoms with Crippen molar-refractivity contribution in [3.8, 4) is 0 Å². The maximum atomic E-state index is 11.3. The summed E-state index contributed by atoms with van der Waals surface area (Å²) in [6.07, 6.45) is 1.32. The van der Waals surface area contributed by atoms with Gasteiger partial charge in [-0.1, -0.05) is 11.3 Å². The van der Waals surface area contributed by atoms with Crippen LogP contribution < -0.4 is 4.90 Å². The molecule has 3 heterocycles. The fraction of sp³-hybridized carbons (Fsp3) is 0.583. The molecule has 0 aromatic carbocycles. The first-order chi connectivity index (χ1) is 10.1. The number of nitrogens with zero attached hydrogens (tertiary/aromatic N) is 5. The third-order valence-corrected chi connectivity index (χ3v) is 4.34. The van der Waals surface area contributed by atoms with E-state index in [2.05, 4.69) is 9.88 Å². The largest absolute Gasteiger partial charge is 0.392 e. The van der Waals surface area contributed by atoms with Crippen molar-refractivity contribution < 1.29 is 10.0 Å². The number of hydrogen-bond donors (Lipinski definition) is 1. The lowest BCUT2D eigenvalue weighted by molar-refractivity contribution is -0.389. The van der Waals surface area contributed by atoms with Crippen LogP contribution >= 0.6 is 11.3 Å². The Labute approximate surface area is 125 Å². The molecule has 0 aliphatic carbocycles. The maximum Gasteiger partial charge on any atom is 0.373 e. The van der Waals surface area contributed by atoms with Crippen LogP contribution in [-0.2, 0) is 0 Å². The summed E-state index contributed by atoms with van der Waals surface area (Å²) in [5.74, 6) is 0.485. The number of aliphatic hydroxyl groups is 1. The molecule has 2 aromatic heterocycles. The normalized spacial score (nSPS) is 18.3. The number of rotatable bonds is 4. The van der Waals surface area contributed by atoms with Crippen molar-refractivity contribution in [2.75, 3.05) is 37.6 Å². The molecular weight excluding hydrogens is 294 g/mol. The summed E-state index contributed by atoms with van der Waals surface area (Å²) < 4.78 is 1.53. The summed E-state index contributed by atoms with van der Waals surface area (Å²) in [6.45, 7) is 5.30. The topological polar surface area (TPSA) is 87.2 Å². The predicted molar refractivity (Wildman–Crippen MR) is 80.1 cm³/mol. The molecule has 114 valence electrons. The zero-order valence-electron chi connectivity index (χ0n) is 11.7. The van der Waals surface area contributed by atoms with Gasteiger partial charge in [0.1, 0.15) is 6.20 Å². The van der Waals surface area contributed by atoms with E-state index in [9.17, 15) is 15.2 Å². The molecule has 9 heteroatoms. The lowest BCUT2D eigenvalue weighted by Gasteiger charge is -2.34. The number of imidazole rings is 1. The molecule has 8 nitrogen and oxygen atoms in total. The monoisotopic (exact) mass is 311 g/mol. The van der Waals surface area contributed by atoms with Gasteiger partial charge in [-0.2, -0.15) is 9.38 Å². The fourth-order valence-electron chi connectivity index (χ4n) is 2.66. The van der Waals surface area contributed by atoms with Gasteiger partial charge in [0.25, 0.3) is 4.96 Å². The Balaban J connectivity index is 1.80. The van der Waals surface area contributed by atoms with Crippen molar-refractivity contribution in [1.82, 2.24) is 14.3 Å². The zero-order chi connectivity index (χ0) is 15.0. The van der Waals surface area contributed by atoms with Gasteiger partial charge in [-0.15, -0.1) is 0 Å². The van der Waals surface area contributed by atoms with Crippen LogP contribution in [0.1, 0.15) is 6.92 Å². The maximum absolute atomic E-state index is 11.3. The van der Waals surface area contributed by atoms with Crippen molar-refractivity contribution in [1.29, 1.82) is 0 Å². The van der Waals surface area contributed by atoms with E-state index in [1.54, 1.807) is 18.5 Å². The van der Waals surface area contributed by atoms with Crippen LogP contribution in [0.2, 0.25) is 0 Å². The van der Waals surface area contributed by atoms with E-state index in [0.717, 1.165) is 13.1 Å². The quantitative estimate of drug-likeness (QED) is 0.664. The van der Waals surface area contributed by atoms with Crippen molar-refractivity contribution in [3.05, 3.63) is 21.7 Å². The average Bonchev–Trinajstić information content (AvgIpc) is 2.98. The van der Waals surface area contributed by atoms with E-state index in [4.69, 9.17) is 0 Å². The smallest absolute Gasteiger partial charge is 0.373 e. The summed E-state index contributed by atoms with van der Waals surface area (Å²) in [7, 11) is 0. The lowest BCUT2D eigenvalue weighted by atomic mass is 10.3. The summed E-state index contributed by atoms with van der Waals surface area (Å²) >= 11 is 1.39. The Bertz CT molecular complexity index is 644. The molecule has 0 bridgehead atoms. The summed E-state index contributed by atoms with van der Waals surface area (Å²) in [5.41, 5.74) is 0. The highest BCUT2D eigenvalue weighted by Crippen LogP contribution is 2.31. The second kappa shape index (κ2) is 5.58. The number of hydrogen-bond acceptors (Lipinski definition) is 7. The van der Waals surface area contributed by atoms with Gasteiger partial charge in [0.2, 0.25) is 5.82 Å². The van der Waals surface area contributed by atoms with Crippen LogP contribution in [0, 0.1) is 10.1 Å². The van der Waals surface area contributed by atoms with Crippen LogP contribution in [-0.4, -0.2) is 63.1 Å². The first-order valence-electron chi connectivity index (χ1n) is 6.81. The van der Waals surface area contributed by atoms with E-state index >= 15 is 0 Å². The van der Waals surface area contributed by atoms with Crippen LogP contribution in [0.25, 0.3) is 4.96 Å². The summed E-state index contributed by atoms with van der Waals surface area (Å²) in [4.78, 5) is 20.1. The molecule has 1 atom stereocenters. The molecule has 0 amide bonds. The third kappa shape index (κ3) is 2.71. The van der Waals surface area contributed by atoms with Crippen molar-refractivity contribution >= 4 is 27.9 Å². The standard InChI is InChI=1S/C12H17N5O3S/c1-9(18)8-14-2-4-15(5-3-14)10-11(17(19)20)16-6-7-21-12(16)13-10/h6-7,9,18H,2-5,8H2,1H3/t9-/m1/s1. The van der Waals surface area contributed by atoms with Crippen LogP contribution in [0.5, 0.6) is 0 Å². The van der Waals surface area contributed by atoms with Gasteiger partial charge in [-0.25, -0.2) is 0 Å². The Morgan fingerprint density at radius 1 is 1.48 bits per heavy atom. The van der Waals surface area contributed by atoms with E-state index in [0.29, 0.717) is 30.4 Å². The average molecular weight is 311 g/mol. The van der Waals surface area contributed by atoms with Gasteiger partial charge in [-0.05, 0) is 11.8 Å². The highest BCUT2D eigenvalue weighted by molar-refractivity contribution is 7.15. The molecule has 1 fully saturated rings. The Kier molecular flexibility index (Phi) is 3.79. The number of β-amino-alcohol motifs (C(OH)–C–C–N with tert-alkyl or cyclic N) is 1. The van der Waals surface area contributed by atoms with Gasteiger partial charge in [0.15, 0.2) is 0 Å². The highest BCUT2D eigenvalue weighted by atomic mass is 32.1. The molecule has 1 aliphatic rings. The zero-order valence-corrected chi connectivity index (χ0v) is 12.5. The molecule has 0 saturated carbocycles. The second-order valence-electron chi connectivity index (χ2n) is 5.21. The molecule has 0 unspecified atom stereocenters. The first-order valence-corrected chi connectivity index (χ1v) is 7.69. The molecule has 1 aliphatic heterocycles. The van der Waals surface area contributed by atoms with Crippen LogP contribution in [0.4, 0.5) is 11.6 Å². The fourth-order valence-corrected chi connectivity index (χ4v) is 3.36. The van der Waals surface area contributed by atoms with Gasteiger partial charge in [0, 0.05) is 38.1 Å². The van der Waals surface area contributed by atoms with Crippen molar-refractivity contribution in [2.45, 2.75) is 13.0 Å². The highest BCUT2D eigenvalue weighted by Gasteiger charge is 2.30. The molecule has 0 radical (unpaired) electrons. The number of piperazine rings is 1. The number of fused-ring (bicyclic) bond motifs is 1. The first kappa shape index (κ1) is 14.2. The molecular formula is C12H17N5O3S. The van der Waals surface area contributed by atoms with E-state index in [1.807, 2.05) is 4.90 Å². The minimum atomic E-state index is -0.371. The van der Waals surface area contributed by atoms with Gasteiger partial charge in [0.05, 0.1) is 6.10 Å². The predicted octanol–water partition coefficient (Wildman–Crippen LogP) is 0.807. The molecule has 1 saturated heterocycles. The minimum Gasteiger partial charge on any atom is -0.392 e.